The van der Waals surface area contributed by atoms with E-state index in [9.17, 15) is 14.0 Å². The van der Waals surface area contributed by atoms with E-state index >= 15 is 0 Å². The Morgan fingerprint density at radius 2 is 1.88 bits per heavy atom. The Balaban J connectivity index is 1.58. The molecule has 4 rings (SSSR count). The standard InChI is InChI=1S/C24H15ClFNO4S2/c1-30-20-11-14(9-10-19(20)31-23(29)17-7-2-3-8-18(17)26)12-21-22(28)27(24(32)33-21)16-6-4-5-15(25)13-16/h2-13H,1H3/b21-12+. The number of hydrogen-bond acceptors (Lipinski definition) is 6. The zero-order chi connectivity index (χ0) is 23.5. The van der Waals surface area contributed by atoms with E-state index < -0.39 is 11.8 Å². The second-order valence-electron chi connectivity index (χ2n) is 6.78. The summed E-state index contributed by atoms with van der Waals surface area (Å²) in [6.07, 6.45) is 1.66. The molecule has 3 aromatic carbocycles. The van der Waals surface area contributed by atoms with Gasteiger partial charge in [0, 0.05) is 5.02 Å². The maximum absolute atomic E-state index is 13.9. The van der Waals surface area contributed by atoms with Crippen LogP contribution in [0.4, 0.5) is 10.1 Å². The minimum absolute atomic E-state index is 0.120. The number of methoxy groups -OCH3 is 1. The van der Waals surface area contributed by atoms with Gasteiger partial charge in [-0.05, 0) is 54.1 Å². The summed E-state index contributed by atoms with van der Waals surface area (Å²) in [6, 6.07) is 17.2. The molecule has 0 saturated carbocycles. The zero-order valence-corrected chi connectivity index (χ0v) is 19.5. The van der Waals surface area contributed by atoms with Gasteiger partial charge in [0.25, 0.3) is 5.91 Å². The van der Waals surface area contributed by atoms with Crippen LogP contribution in [0.3, 0.4) is 0 Å². The molecule has 9 heteroatoms. The number of carbonyl (C=O) groups is 2. The van der Waals surface area contributed by atoms with Crippen molar-refractivity contribution in [3.05, 3.63) is 93.6 Å². The number of carbonyl (C=O) groups excluding carboxylic acids is 2. The highest BCUT2D eigenvalue weighted by Gasteiger charge is 2.33. The SMILES string of the molecule is COc1cc(/C=C2/SC(=S)N(c3cccc(Cl)c3)C2=O)ccc1OC(=O)c1ccccc1F. The topological polar surface area (TPSA) is 55.8 Å². The fraction of sp³-hybridized carbons (Fsp3) is 0.0417. The number of anilines is 1. The average molecular weight is 500 g/mol. The van der Waals surface area contributed by atoms with E-state index in [1.165, 1.54) is 36.3 Å². The Bertz CT molecular complexity index is 1310. The number of thiocarbonyl (C=S) groups is 1. The number of esters is 1. The Hall–Kier alpha value is -3.20. The monoisotopic (exact) mass is 499 g/mol. The van der Waals surface area contributed by atoms with E-state index in [2.05, 4.69) is 0 Å². The first-order valence-electron chi connectivity index (χ1n) is 9.55. The molecule has 1 aliphatic heterocycles. The molecule has 3 aromatic rings. The van der Waals surface area contributed by atoms with Gasteiger partial charge in [-0.3, -0.25) is 9.69 Å². The lowest BCUT2D eigenvalue weighted by Crippen LogP contribution is -2.27. The molecule has 0 bridgehead atoms. The predicted octanol–water partition coefficient (Wildman–Crippen LogP) is 6.11. The second kappa shape index (κ2) is 9.74. The second-order valence-corrected chi connectivity index (χ2v) is 8.89. The quantitative estimate of drug-likeness (QED) is 0.183. The normalized spacial score (nSPS) is 14.6. The molecule has 0 N–H and O–H groups in total. The summed E-state index contributed by atoms with van der Waals surface area (Å²) >= 11 is 12.6. The first-order valence-corrected chi connectivity index (χ1v) is 11.2. The van der Waals surface area contributed by atoms with Crippen molar-refractivity contribution in [1.82, 2.24) is 0 Å². The van der Waals surface area contributed by atoms with Gasteiger partial charge in [0.1, 0.15) is 5.82 Å². The molecule has 33 heavy (non-hydrogen) atoms. The van der Waals surface area contributed by atoms with Crippen LogP contribution in [0.15, 0.2) is 71.6 Å². The van der Waals surface area contributed by atoms with Gasteiger partial charge < -0.3 is 9.47 Å². The van der Waals surface area contributed by atoms with Crippen molar-refractivity contribution in [2.75, 3.05) is 12.0 Å². The van der Waals surface area contributed by atoms with Gasteiger partial charge in [-0.15, -0.1) is 0 Å². The van der Waals surface area contributed by atoms with Crippen molar-refractivity contribution in [3.63, 3.8) is 0 Å². The summed E-state index contributed by atoms with van der Waals surface area (Å²) in [6.45, 7) is 0. The summed E-state index contributed by atoms with van der Waals surface area (Å²) in [7, 11) is 1.41. The highest BCUT2D eigenvalue weighted by Crippen LogP contribution is 2.38. The lowest BCUT2D eigenvalue weighted by Gasteiger charge is -2.14. The third-order valence-corrected chi connectivity index (χ3v) is 6.18. The van der Waals surface area contributed by atoms with E-state index in [4.69, 9.17) is 33.3 Å². The number of hydrogen-bond donors (Lipinski definition) is 0. The number of rotatable bonds is 5. The highest BCUT2D eigenvalue weighted by molar-refractivity contribution is 8.27. The molecule has 1 amide bonds. The lowest BCUT2D eigenvalue weighted by atomic mass is 10.1. The molecule has 1 fully saturated rings. The maximum atomic E-state index is 13.9. The molecule has 0 aliphatic carbocycles. The van der Waals surface area contributed by atoms with Gasteiger partial charge in [0.2, 0.25) is 0 Å². The van der Waals surface area contributed by atoms with Gasteiger partial charge in [-0.25, -0.2) is 9.18 Å². The largest absolute Gasteiger partial charge is 0.493 e. The van der Waals surface area contributed by atoms with E-state index in [-0.39, 0.29) is 23.0 Å². The van der Waals surface area contributed by atoms with Crippen LogP contribution in [-0.4, -0.2) is 23.3 Å². The molecule has 166 valence electrons. The maximum Gasteiger partial charge on any atom is 0.346 e. The first-order chi connectivity index (χ1) is 15.9. The summed E-state index contributed by atoms with van der Waals surface area (Å²) < 4.78 is 24.9. The fourth-order valence-electron chi connectivity index (χ4n) is 3.10. The van der Waals surface area contributed by atoms with Crippen LogP contribution >= 0.6 is 35.6 Å². The van der Waals surface area contributed by atoms with Gasteiger partial charge in [0.05, 0.1) is 23.3 Å². The highest BCUT2D eigenvalue weighted by atomic mass is 35.5. The number of amides is 1. The third-order valence-electron chi connectivity index (χ3n) is 4.64. The van der Waals surface area contributed by atoms with Crippen molar-refractivity contribution in [1.29, 1.82) is 0 Å². The minimum atomic E-state index is -0.846. The van der Waals surface area contributed by atoms with Crippen molar-refractivity contribution >= 4 is 63.5 Å². The van der Waals surface area contributed by atoms with Crippen LogP contribution in [-0.2, 0) is 4.79 Å². The molecule has 0 radical (unpaired) electrons. The number of benzene rings is 3. The predicted molar refractivity (Wildman–Crippen MR) is 131 cm³/mol. The van der Waals surface area contributed by atoms with Crippen LogP contribution in [0.5, 0.6) is 11.5 Å². The summed E-state index contributed by atoms with van der Waals surface area (Å²) in [5, 5.41) is 0.496. The van der Waals surface area contributed by atoms with Crippen molar-refractivity contribution < 1.29 is 23.5 Å². The smallest absolute Gasteiger partial charge is 0.346 e. The van der Waals surface area contributed by atoms with Crippen molar-refractivity contribution in [2.24, 2.45) is 0 Å². The van der Waals surface area contributed by atoms with Crippen molar-refractivity contribution in [3.8, 4) is 11.5 Å². The van der Waals surface area contributed by atoms with Gasteiger partial charge in [0.15, 0.2) is 15.8 Å². The lowest BCUT2D eigenvalue weighted by molar-refractivity contribution is -0.113. The van der Waals surface area contributed by atoms with Crippen LogP contribution in [0, 0.1) is 5.82 Å². The molecule has 0 aromatic heterocycles. The molecule has 1 aliphatic rings. The Kier molecular flexibility index (Phi) is 6.78. The molecule has 0 unspecified atom stereocenters. The number of thioether (sulfide) groups is 1. The molecule has 0 atom stereocenters. The summed E-state index contributed by atoms with van der Waals surface area (Å²) in [5.74, 6) is -1.43. The molecule has 1 heterocycles. The number of nitrogens with zero attached hydrogens (tertiary/aromatic N) is 1. The fourth-order valence-corrected chi connectivity index (χ4v) is 4.58. The molecular formula is C24H15ClFNO4S2. The molecule has 5 nitrogen and oxygen atoms in total. The Labute approximate surface area is 203 Å². The molecule has 1 saturated heterocycles. The average Bonchev–Trinajstić information content (AvgIpc) is 3.07. The van der Waals surface area contributed by atoms with Crippen molar-refractivity contribution in [2.45, 2.75) is 0 Å². The number of halogens is 2. The van der Waals surface area contributed by atoms with Crippen LogP contribution in [0.25, 0.3) is 6.08 Å². The van der Waals surface area contributed by atoms with E-state index in [0.29, 0.717) is 25.5 Å². The summed E-state index contributed by atoms with van der Waals surface area (Å²) in [5.41, 5.74) is 1.03. The molecule has 0 spiro atoms. The van der Waals surface area contributed by atoms with E-state index in [0.717, 1.165) is 11.8 Å². The molecular weight excluding hydrogens is 485 g/mol. The minimum Gasteiger partial charge on any atom is -0.493 e. The van der Waals surface area contributed by atoms with E-state index in [1.807, 2.05) is 0 Å². The Morgan fingerprint density at radius 1 is 1.09 bits per heavy atom. The van der Waals surface area contributed by atoms with Gasteiger partial charge in [-0.1, -0.05) is 59.8 Å². The van der Waals surface area contributed by atoms with Crippen LogP contribution in [0.1, 0.15) is 15.9 Å². The van der Waals surface area contributed by atoms with Gasteiger partial charge in [-0.2, -0.15) is 0 Å². The number of ether oxygens (including phenoxy) is 2. The van der Waals surface area contributed by atoms with Gasteiger partial charge >= 0.3 is 5.97 Å². The van der Waals surface area contributed by atoms with E-state index in [1.54, 1.807) is 48.5 Å². The van der Waals surface area contributed by atoms with Crippen LogP contribution < -0.4 is 14.4 Å². The summed E-state index contributed by atoms with van der Waals surface area (Å²) in [4.78, 5) is 27.1. The first kappa shape index (κ1) is 23.0. The third kappa shape index (κ3) is 4.93. The van der Waals surface area contributed by atoms with Crippen LogP contribution in [0.2, 0.25) is 5.02 Å². The Morgan fingerprint density at radius 3 is 2.61 bits per heavy atom. The zero-order valence-electron chi connectivity index (χ0n) is 17.1.